The van der Waals surface area contributed by atoms with Gasteiger partial charge in [-0.2, -0.15) is 13.2 Å². The van der Waals surface area contributed by atoms with Crippen molar-refractivity contribution in [3.63, 3.8) is 0 Å². The van der Waals surface area contributed by atoms with E-state index in [1.807, 2.05) is 6.07 Å². The van der Waals surface area contributed by atoms with Crippen LogP contribution in [0.2, 0.25) is 0 Å². The van der Waals surface area contributed by atoms with Gasteiger partial charge in [0.05, 0.1) is 5.75 Å². The van der Waals surface area contributed by atoms with Crippen LogP contribution in [-0.4, -0.2) is 32.1 Å². The fraction of sp³-hybridized carbons (Fsp3) is 0.154. The van der Waals surface area contributed by atoms with Crippen LogP contribution in [0.1, 0.15) is 5.01 Å². The first-order valence-electron chi connectivity index (χ1n) is 6.74. The number of nitrogens with one attached hydrogen (secondary N) is 1. The Morgan fingerprint density at radius 3 is 2.77 bits per heavy atom. The average molecular weight is 466 g/mol. The average Bonchev–Trinajstić information content (AvgIpc) is 3.22. The Bertz CT molecular complexity index is 930. The first kappa shape index (κ1) is 18.8. The Balaban J connectivity index is 1.56. The van der Waals surface area contributed by atoms with Gasteiger partial charge >= 0.3 is 6.18 Å². The van der Waals surface area contributed by atoms with Gasteiger partial charge in [0, 0.05) is 10.0 Å². The van der Waals surface area contributed by atoms with Crippen molar-refractivity contribution in [2.75, 3.05) is 11.1 Å². The van der Waals surface area contributed by atoms with E-state index in [-0.39, 0.29) is 33.3 Å². The number of hydrogen-bond donors (Lipinski definition) is 1. The third kappa shape index (κ3) is 4.80. The van der Waals surface area contributed by atoms with Gasteiger partial charge in [0.2, 0.25) is 21.9 Å². The molecule has 0 fully saturated rings. The molecule has 0 saturated carbocycles. The number of aromatic nitrogens is 4. The van der Waals surface area contributed by atoms with E-state index in [1.165, 1.54) is 0 Å². The molecule has 13 heteroatoms. The molecular formula is C13H7BrF3N5O2S2. The first-order valence-corrected chi connectivity index (χ1v) is 9.33. The zero-order valence-corrected chi connectivity index (χ0v) is 15.7. The predicted molar refractivity (Wildman–Crippen MR) is 91.7 cm³/mol. The maximum atomic E-state index is 12.4. The second kappa shape index (κ2) is 7.72. The summed E-state index contributed by atoms with van der Waals surface area (Å²) >= 11 is 4.53. The maximum Gasteiger partial charge on any atom is 0.445 e. The summed E-state index contributed by atoms with van der Waals surface area (Å²) in [4.78, 5) is 11.8. The Kier molecular flexibility index (Phi) is 5.58. The van der Waals surface area contributed by atoms with Gasteiger partial charge in [0.25, 0.3) is 5.22 Å². The zero-order chi connectivity index (χ0) is 18.7. The number of thioether (sulfide) groups is 1. The van der Waals surface area contributed by atoms with Gasteiger partial charge < -0.3 is 4.42 Å². The number of alkyl halides is 3. The Hall–Kier alpha value is -1.99. The van der Waals surface area contributed by atoms with Crippen molar-refractivity contribution < 1.29 is 22.4 Å². The van der Waals surface area contributed by atoms with E-state index in [0.29, 0.717) is 5.56 Å². The summed E-state index contributed by atoms with van der Waals surface area (Å²) in [7, 11) is 0. The molecule has 0 saturated heterocycles. The number of rotatable bonds is 5. The second-order valence-corrected chi connectivity index (χ2v) is 7.45. The maximum absolute atomic E-state index is 12.4. The van der Waals surface area contributed by atoms with E-state index in [9.17, 15) is 18.0 Å². The standard InChI is InChI=1S/C13H7BrF3N5O2S2/c14-7-3-1-2-6(4-7)9-19-22-12(24-9)25-5-8(23)18-11-21-20-10(26-11)13(15,16)17/h1-4H,5H2,(H,18,21,23). The highest BCUT2D eigenvalue weighted by atomic mass is 79.9. The summed E-state index contributed by atoms with van der Waals surface area (Å²) in [6, 6.07) is 7.23. The second-order valence-electron chi connectivity index (χ2n) is 4.63. The van der Waals surface area contributed by atoms with Gasteiger partial charge in [-0.3, -0.25) is 10.1 Å². The number of anilines is 1. The van der Waals surface area contributed by atoms with E-state index >= 15 is 0 Å². The molecule has 0 bridgehead atoms. The Morgan fingerprint density at radius 2 is 2.08 bits per heavy atom. The predicted octanol–water partition coefficient (Wildman–Crippen LogP) is 4.10. The lowest BCUT2D eigenvalue weighted by Crippen LogP contribution is -2.13. The molecule has 0 spiro atoms. The van der Waals surface area contributed by atoms with Crippen LogP contribution < -0.4 is 5.32 Å². The topological polar surface area (TPSA) is 93.8 Å². The van der Waals surface area contributed by atoms with Gasteiger partial charge in [0.15, 0.2) is 0 Å². The number of carbonyl (C=O) groups is 1. The van der Waals surface area contributed by atoms with Crippen molar-refractivity contribution in [2.45, 2.75) is 11.4 Å². The number of halogens is 4. The van der Waals surface area contributed by atoms with Crippen molar-refractivity contribution in [3.05, 3.63) is 33.7 Å². The minimum absolute atomic E-state index is 0.138. The van der Waals surface area contributed by atoms with Crippen molar-refractivity contribution in [3.8, 4) is 11.5 Å². The molecule has 2 heterocycles. The first-order chi connectivity index (χ1) is 12.3. The van der Waals surface area contributed by atoms with Gasteiger partial charge in [0.1, 0.15) is 0 Å². The molecule has 26 heavy (non-hydrogen) atoms. The SMILES string of the molecule is O=C(CSc1nnc(-c2cccc(Br)c2)o1)Nc1nnc(C(F)(F)F)s1. The van der Waals surface area contributed by atoms with Crippen LogP contribution in [-0.2, 0) is 11.0 Å². The summed E-state index contributed by atoms with van der Waals surface area (Å²) in [6.45, 7) is 0. The van der Waals surface area contributed by atoms with Gasteiger partial charge in [-0.15, -0.1) is 20.4 Å². The smallest absolute Gasteiger partial charge is 0.411 e. The van der Waals surface area contributed by atoms with Crippen LogP contribution >= 0.6 is 39.0 Å². The van der Waals surface area contributed by atoms with Crippen LogP contribution in [0, 0.1) is 0 Å². The molecule has 3 aromatic rings. The third-order valence-electron chi connectivity index (χ3n) is 2.72. The number of nitrogens with zero attached hydrogens (tertiary/aromatic N) is 4. The highest BCUT2D eigenvalue weighted by Crippen LogP contribution is 2.33. The number of benzene rings is 1. The lowest BCUT2D eigenvalue weighted by atomic mass is 10.2. The third-order valence-corrected chi connectivity index (χ3v) is 4.91. The molecule has 0 radical (unpaired) electrons. The number of hydrogen-bond acceptors (Lipinski definition) is 8. The molecular weight excluding hydrogens is 459 g/mol. The molecule has 1 amide bonds. The summed E-state index contributed by atoms with van der Waals surface area (Å²) in [5.74, 6) is -0.420. The van der Waals surface area contributed by atoms with Gasteiger partial charge in [-0.05, 0) is 18.2 Å². The molecule has 0 aliphatic carbocycles. The molecule has 1 N–H and O–H groups in total. The van der Waals surface area contributed by atoms with E-state index in [4.69, 9.17) is 4.42 Å². The molecule has 0 atom stereocenters. The number of carbonyl (C=O) groups excluding carboxylic acids is 1. The fourth-order valence-corrected chi connectivity index (χ4v) is 3.27. The van der Waals surface area contributed by atoms with E-state index < -0.39 is 17.1 Å². The fourth-order valence-electron chi connectivity index (χ4n) is 1.68. The normalized spacial score (nSPS) is 11.5. The summed E-state index contributed by atoms with van der Waals surface area (Å²) in [5, 5.41) is 15.0. The zero-order valence-electron chi connectivity index (χ0n) is 12.5. The van der Waals surface area contributed by atoms with Crippen molar-refractivity contribution in [1.82, 2.24) is 20.4 Å². The van der Waals surface area contributed by atoms with Crippen LogP contribution in [0.5, 0.6) is 0 Å². The van der Waals surface area contributed by atoms with E-state index in [1.54, 1.807) is 18.2 Å². The summed E-state index contributed by atoms with van der Waals surface area (Å²) in [5.41, 5.74) is 0.705. The molecule has 3 rings (SSSR count). The van der Waals surface area contributed by atoms with Gasteiger partial charge in [-0.25, -0.2) is 0 Å². The van der Waals surface area contributed by atoms with E-state index in [0.717, 1.165) is 16.2 Å². The van der Waals surface area contributed by atoms with Crippen LogP contribution in [0.4, 0.5) is 18.3 Å². The molecule has 7 nitrogen and oxygen atoms in total. The lowest BCUT2D eigenvalue weighted by molar-refractivity contribution is -0.138. The van der Waals surface area contributed by atoms with Crippen LogP contribution in [0.3, 0.4) is 0 Å². The number of amides is 1. The summed E-state index contributed by atoms with van der Waals surface area (Å²) < 4.78 is 43.6. The van der Waals surface area contributed by atoms with Crippen molar-refractivity contribution in [2.24, 2.45) is 0 Å². The molecule has 136 valence electrons. The quantitative estimate of drug-likeness (QED) is 0.566. The van der Waals surface area contributed by atoms with Crippen molar-refractivity contribution in [1.29, 1.82) is 0 Å². The molecule has 0 aliphatic heterocycles. The monoisotopic (exact) mass is 465 g/mol. The van der Waals surface area contributed by atoms with Gasteiger partial charge in [-0.1, -0.05) is 45.1 Å². The molecule has 2 aromatic heterocycles. The molecule has 1 aromatic carbocycles. The largest absolute Gasteiger partial charge is 0.445 e. The summed E-state index contributed by atoms with van der Waals surface area (Å²) in [6.07, 6.45) is -4.60. The van der Waals surface area contributed by atoms with Crippen LogP contribution in [0.15, 0.2) is 38.4 Å². The minimum Gasteiger partial charge on any atom is -0.411 e. The van der Waals surface area contributed by atoms with Crippen LogP contribution in [0.25, 0.3) is 11.5 Å². The van der Waals surface area contributed by atoms with Crippen molar-refractivity contribution >= 4 is 50.1 Å². The highest BCUT2D eigenvalue weighted by molar-refractivity contribution is 9.10. The lowest BCUT2D eigenvalue weighted by Gasteiger charge is -1.99. The Morgan fingerprint density at radius 1 is 1.27 bits per heavy atom. The minimum atomic E-state index is -4.60. The molecule has 0 aliphatic rings. The highest BCUT2D eigenvalue weighted by Gasteiger charge is 2.35. The van der Waals surface area contributed by atoms with E-state index in [2.05, 4.69) is 41.6 Å². The molecule has 0 unspecified atom stereocenters. The Labute approximate surface area is 160 Å².